The minimum Gasteiger partial charge on any atom is -0.0801 e. The van der Waals surface area contributed by atoms with E-state index in [2.05, 4.69) is 71.9 Å². The normalized spacial score (nSPS) is 18.9. The van der Waals surface area contributed by atoms with E-state index in [1.54, 1.807) is 0 Å². The molecule has 0 amide bonds. The van der Waals surface area contributed by atoms with Crippen LogP contribution in [0.15, 0.2) is 36.0 Å². The Morgan fingerprint density at radius 3 is 2.17 bits per heavy atom. The van der Waals surface area contributed by atoms with E-state index in [9.17, 15) is 0 Å². The van der Waals surface area contributed by atoms with Crippen LogP contribution in [0.3, 0.4) is 0 Å². The summed E-state index contributed by atoms with van der Waals surface area (Å²) >= 11 is 0. The van der Waals surface area contributed by atoms with Crippen molar-refractivity contribution in [2.45, 2.75) is 60.8 Å². The fourth-order valence-electron chi connectivity index (χ4n) is 3.12. The molecule has 1 aliphatic rings. The van der Waals surface area contributed by atoms with Gasteiger partial charge in [-0.25, -0.2) is 0 Å². The average Bonchev–Trinajstić information content (AvgIpc) is 2.30. The topological polar surface area (TPSA) is 0 Å². The summed E-state index contributed by atoms with van der Waals surface area (Å²) in [7, 11) is 0. The fourth-order valence-corrected chi connectivity index (χ4v) is 3.12. The maximum absolute atomic E-state index is 2.49. The molecule has 0 radical (unpaired) electrons. The van der Waals surface area contributed by atoms with Crippen molar-refractivity contribution in [2.24, 2.45) is 16.7 Å². The van der Waals surface area contributed by atoms with Crippen molar-refractivity contribution in [3.63, 3.8) is 0 Å². The number of hydrogen-bond donors (Lipinski definition) is 0. The lowest BCUT2D eigenvalue weighted by Crippen LogP contribution is -2.37. The molecule has 0 fully saturated rings. The summed E-state index contributed by atoms with van der Waals surface area (Å²) in [4.78, 5) is 0. The zero-order chi connectivity index (χ0) is 13.8. The molecule has 0 saturated carbocycles. The number of rotatable bonds is 5. The lowest BCUT2D eigenvalue weighted by Gasteiger charge is -2.46. The van der Waals surface area contributed by atoms with E-state index < -0.39 is 0 Å². The monoisotopic (exact) mass is 246 g/mol. The SMILES string of the molecule is CCC(CC)C(C)(C)C(C)(C)C=C1C=CC=CC1. The van der Waals surface area contributed by atoms with Gasteiger partial charge in [-0.1, -0.05) is 84.8 Å². The quantitative estimate of drug-likeness (QED) is 0.565. The minimum absolute atomic E-state index is 0.231. The van der Waals surface area contributed by atoms with Crippen molar-refractivity contribution in [2.75, 3.05) is 0 Å². The van der Waals surface area contributed by atoms with E-state index in [1.165, 1.54) is 18.4 Å². The van der Waals surface area contributed by atoms with E-state index in [1.807, 2.05) is 0 Å². The Hall–Kier alpha value is -0.780. The van der Waals surface area contributed by atoms with Gasteiger partial charge in [-0.2, -0.15) is 0 Å². The molecule has 1 rings (SSSR count). The van der Waals surface area contributed by atoms with Crippen molar-refractivity contribution in [1.82, 2.24) is 0 Å². The Labute approximate surface area is 114 Å². The van der Waals surface area contributed by atoms with Gasteiger partial charge in [0, 0.05) is 0 Å². The Morgan fingerprint density at radius 2 is 1.72 bits per heavy atom. The van der Waals surface area contributed by atoms with Crippen molar-refractivity contribution in [3.05, 3.63) is 36.0 Å². The zero-order valence-electron chi connectivity index (χ0n) is 13.1. The number of allylic oxidation sites excluding steroid dienone is 6. The first-order valence-electron chi connectivity index (χ1n) is 7.40. The van der Waals surface area contributed by atoms with Gasteiger partial charge < -0.3 is 0 Å². The third-order valence-electron chi connectivity index (χ3n) is 5.12. The first-order valence-corrected chi connectivity index (χ1v) is 7.40. The van der Waals surface area contributed by atoms with E-state index in [0.29, 0.717) is 5.41 Å². The molecule has 0 aromatic heterocycles. The van der Waals surface area contributed by atoms with Gasteiger partial charge in [-0.15, -0.1) is 0 Å². The van der Waals surface area contributed by atoms with Crippen molar-refractivity contribution >= 4 is 0 Å². The molecule has 0 aromatic carbocycles. The zero-order valence-corrected chi connectivity index (χ0v) is 13.1. The van der Waals surface area contributed by atoms with Crippen LogP contribution in [0.2, 0.25) is 0 Å². The second-order valence-electron chi connectivity index (χ2n) is 6.67. The van der Waals surface area contributed by atoms with Crippen LogP contribution in [-0.2, 0) is 0 Å². The maximum Gasteiger partial charge on any atom is -0.00973 e. The molecule has 0 spiro atoms. The highest BCUT2D eigenvalue weighted by Gasteiger charge is 2.40. The Morgan fingerprint density at radius 1 is 1.11 bits per heavy atom. The summed E-state index contributed by atoms with van der Waals surface area (Å²) < 4.78 is 0. The molecule has 0 atom stereocenters. The van der Waals surface area contributed by atoms with E-state index >= 15 is 0 Å². The van der Waals surface area contributed by atoms with Crippen LogP contribution in [-0.4, -0.2) is 0 Å². The summed E-state index contributed by atoms with van der Waals surface area (Å²) in [6.07, 6.45) is 14.9. The van der Waals surface area contributed by atoms with E-state index in [4.69, 9.17) is 0 Å². The standard InChI is InChI=1S/C18H30/c1-7-16(8-2)18(5,6)17(3,4)14-15-12-10-9-11-13-15/h9-12,14,16H,7-8,13H2,1-6H3. The Balaban J connectivity index is 2.97. The van der Waals surface area contributed by atoms with Gasteiger partial charge in [-0.05, 0) is 28.7 Å². The molecule has 0 unspecified atom stereocenters. The van der Waals surface area contributed by atoms with Crippen LogP contribution in [0.5, 0.6) is 0 Å². The first kappa shape index (κ1) is 15.3. The van der Waals surface area contributed by atoms with E-state index in [0.717, 1.165) is 12.3 Å². The molecule has 1 aliphatic carbocycles. The Kier molecular flexibility index (Phi) is 5.01. The molecule has 0 N–H and O–H groups in total. The van der Waals surface area contributed by atoms with E-state index in [-0.39, 0.29) is 5.41 Å². The second kappa shape index (κ2) is 5.91. The largest absolute Gasteiger partial charge is 0.0801 e. The average molecular weight is 246 g/mol. The van der Waals surface area contributed by atoms with Crippen LogP contribution >= 0.6 is 0 Å². The molecular formula is C18H30. The summed E-state index contributed by atoms with van der Waals surface area (Å²) in [5.74, 6) is 0.785. The van der Waals surface area contributed by atoms with Crippen LogP contribution in [0.25, 0.3) is 0 Å². The van der Waals surface area contributed by atoms with Crippen LogP contribution in [0, 0.1) is 16.7 Å². The summed E-state index contributed by atoms with van der Waals surface area (Å²) in [6.45, 7) is 14.3. The molecule has 102 valence electrons. The van der Waals surface area contributed by atoms with Crippen LogP contribution < -0.4 is 0 Å². The highest BCUT2D eigenvalue weighted by Crippen LogP contribution is 2.48. The molecule has 18 heavy (non-hydrogen) atoms. The second-order valence-corrected chi connectivity index (χ2v) is 6.67. The first-order chi connectivity index (χ1) is 8.35. The Bertz CT molecular complexity index is 346. The summed E-state index contributed by atoms with van der Waals surface area (Å²) in [6, 6.07) is 0. The third kappa shape index (κ3) is 3.16. The van der Waals surface area contributed by atoms with Gasteiger partial charge in [0.2, 0.25) is 0 Å². The maximum atomic E-state index is 2.49. The van der Waals surface area contributed by atoms with Crippen molar-refractivity contribution in [1.29, 1.82) is 0 Å². The van der Waals surface area contributed by atoms with Crippen molar-refractivity contribution < 1.29 is 0 Å². The molecule has 0 bridgehead atoms. The summed E-state index contributed by atoms with van der Waals surface area (Å²) in [5.41, 5.74) is 2.02. The van der Waals surface area contributed by atoms with Crippen LogP contribution in [0.4, 0.5) is 0 Å². The highest BCUT2D eigenvalue weighted by atomic mass is 14.4. The molecule has 0 heteroatoms. The third-order valence-corrected chi connectivity index (χ3v) is 5.12. The molecule has 0 aliphatic heterocycles. The van der Waals surface area contributed by atoms with Gasteiger partial charge >= 0.3 is 0 Å². The van der Waals surface area contributed by atoms with Gasteiger partial charge in [0.1, 0.15) is 0 Å². The molecule has 0 heterocycles. The van der Waals surface area contributed by atoms with Crippen LogP contribution in [0.1, 0.15) is 60.8 Å². The van der Waals surface area contributed by atoms with Gasteiger partial charge in [0.05, 0.1) is 0 Å². The fraction of sp³-hybridized carbons (Fsp3) is 0.667. The predicted octanol–water partition coefficient (Wildman–Crippen LogP) is 5.92. The van der Waals surface area contributed by atoms with Gasteiger partial charge in [-0.3, -0.25) is 0 Å². The lowest BCUT2D eigenvalue weighted by molar-refractivity contribution is 0.0722. The van der Waals surface area contributed by atoms with Gasteiger partial charge in [0.15, 0.2) is 0 Å². The summed E-state index contributed by atoms with van der Waals surface area (Å²) in [5, 5.41) is 0. The highest BCUT2D eigenvalue weighted by molar-refractivity contribution is 5.31. The van der Waals surface area contributed by atoms with Crippen molar-refractivity contribution in [3.8, 4) is 0 Å². The smallest absolute Gasteiger partial charge is 0.00973 e. The molecular weight excluding hydrogens is 216 g/mol. The minimum atomic E-state index is 0.231. The molecule has 0 aromatic rings. The molecule has 0 saturated heterocycles. The predicted molar refractivity (Wildman–Crippen MR) is 82.6 cm³/mol. The number of hydrogen-bond acceptors (Lipinski definition) is 0. The lowest BCUT2D eigenvalue weighted by atomic mass is 9.59. The molecule has 0 nitrogen and oxygen atoms in total. The van der Waals surface area contributed by atoms with Gasteiger partial charge in [0.25, 0.3) is 0 Å².